The van der Waals surface area contributed by atoms with E-state index in [4.69, 9.17) is 0 Å². The zero-order valence-electron chi connectivity index (χ0n) is 9.77. The molecule has 0 heterocycles. The highest BCUT2D eigenvalue weighted by molar-refractivity contribution is 7.18. The maximum Gasteiger partial charge on any atom is 0.0319 e. The number of aryl methyl sites for hydroxylation is 1. The van der Waals surface area contributed by atoms with Gasteiger partial charge in [-0.15, -0.1) is 9.24 Å². The monoisotopic (exact) mass is 228 g/mol. The molecule has 0 aromatic heterocycles. The van der Waals surface area contributed by atoms with Crippen LogP contribution in [-0.2, 0) is 5.16 Å². The van der Waals surface area contributed by atoms with Crippen LogP contribution in [-0.4, -0.2) is 0 Å². The minimum absolute atomic E-state index is 0.00734. The summed E-state index contributed by atoms with van der Waals surface area (Å²) in [4.78, 5) is 0. The van der Waals surface area contributed by atoms with Crippen LogP contribution in [0.5, 0.6) is 0 Å². The number of benzene rings is 2. The Hall–Kier alpha value is -1.13. The summed E-state index contributed by atoms with van der Waals surface area (Å²) in [6.45, 7) is 4.41. The predicted molar refractivity (Wildman–Crippen MR) is 73.8 cm³/mol. The molecule has 0 spiro atoms. The van der Waals surface area contributed by atoms with Gasteiger partial charge in [-0.1, -0.05) is 54.6 Å². The number of hydrogen-bond donors (Lipinski definition) is 0. The molecule has 0 amide bonds. The summed E-state index contributed by atoms with van der Waals surface area (Å²) in [5.41, 5.74) is 4.03. The lowest BCUT2D eigenvalue weighted by Gasteiger charge is -2.27. The maximum atomic E-state index is 2.98. The van der Waals surface area contributed by atoms with Gasteiger partial charge in [0.15, 0.2) is 0 Å². The molecule has 2 aromatic rings. The van der Waals surface area contributed by atoms with E-state index in [1.54, 1.807) is 0 Å². The van der Waals surface area contributed by atoms with Gasteiger partial charge in [-0.3, -0.25) is 0 Å². The summed E-state index contributed by atoms with van der Waals surface area (Å²) >= 11 is 0. The van der Waals surface area contributed by atoms with Crippen molar-refractivity contribution in [1.82, 2.24) is 0 Å². The van der Waals surface area contributed by atoms with Crippen LogP contribution in [0, 0.1) is 6.92 Å². The van der Waals surface area contributed by atoms with Crippen molar-refractivity contribution in [2.75, 3.05) is 0 Å². The van der Waals surface area contributed by atoms with Crippen molar-refractivity contribution in [2.24, 2.45) is 0 Å². The Balaban J connectivity index is 2.51. The number of hydrogen-bond acceptors (Lipinski definition) is 0. The Kier molecular flexibility index (Phi) is 3.12. The van der Waals surface area contributed by atoms with Gasteiger partial charge >= 0.3 is 0 Å². The highest BCUT2D eigenvalue weighted by Gasteiger charge is 2.24. The molecule has 82 valence electrons. The molecule has 0 aliphatic rings. The SMILES string of the molecule is Cc1ccccc1C(C)(P)c1ccccc1. The average Bonchev–Trinajstić information content (AvgIpc) is 2.30. The van der Waals surface area contributed by atoms with Crippen LogP contribution in [0.1, 0.15) is 23.6 Å². The first-order valence-corrected chi connectivity index (χ1v) is 6.10. The first-order chi connectivity index (χ1) is 7.62. The number of rotatable bonds is 2. The molecule has 0 fully saturated rings. The van der Waals surface area contributed by atoms with Gasteiger partial charge in [0.2, 0.25) is 0 Å². The van der Waals surface area contributed by atoms with E-state index in [1.807, 2.05) is 0 Å². The van der Waals surface area contributed by atoms with Crippen LogP contribution in [0.4, 0.5) is 0 Å². The minimum Gasteiger partial charge on any atom is -0.122 e. The van der Waals surface area contributed by atoms with Crippen molar-refractivity contribution in [3.8, 4) is 0 Å². The molecule has 0 aliphatic heterocycles. The van der Waals surface area contributed by atoms with Crippen LogP contribution in [0.3, 0.4) is 0 Å². The van der Waals surface area contributed by atoms with E-state index in [2.05, 4.69) is 77.7 Å². The Labute approximate surface area is 99.9 Å². The molecule has 2 atom stereocenters. The zero-order chi connectivity index (χ0) is 11.6. The molecule has 16 heavy (non-hydrogen) atoms. The summed E-state index contributed by atoms with van der Waals surface area (Å²) < 4.78 is 0. The summed E-state index contributed by atoms with van der Waals surface area (Å²) in [5.74, 6) is 0. The van der Waals surface area contributed by atoms with Crippen LogP contribution >= 0.6 is 9.24 Å². The molecule has 0 bridgehead atoms. The second-order valence-corrected chi connectivity index (χ2v) is 5.54. The lowest BCUT2D eigenvalue weighted by atomic mass is 9.89. The van der Waals surface area contributed by atoms with Crippen molar-refractivity contribution in [3.63, 3.8) is 0 Å². The Morgan fingerprint density at radius 2 is 1.44 bits per heavy atom. The molecule has 0 aliphatic carbocycles. The van der Waals surface area contributed by atoms with Crippen molar-refractivity contribution in [1.29, 1.82) is 0 Å². The lowest BCUT2D eigenvalue weighted by molar-refractivity contribution is 0.830. The van der Waals surface area contributed by atoms with Crippen LogP contribution in [0.15, 0.2) is 54.6 Å². The summed E-state index contributed by atoms with van der Waals surface area (Å²) in [5, 5.41) is -0.00734. The molecule has 0 N–H and O–H groups in total. The average molecular weight is 228 g/mol. The summed E-state index contributed by atoms with van der Waals surface area (Å²) in [7, 11) is 2.98. The second kappa shape index (κ2) is 4.39. The highest BCUT2D eigenvalue weighted by atomic mass is 31.0. The van der Waals surface area contributed by atoms with Crippen molar-refractivity contribution in [3.05, 3.63) is 71.3 Å². The predicted octanol–water partition coefficient (Wildman–Crippen LogP) is 4.13. The summed E-state index contributed by atoms with van der Waals surface area (Å²) in [6, 6.07) is 19.2. The van der Waals surface area contributed by atoms with E-state index >= 15 is 0 Å². The molecule has 2 rings (SSSR count). The highest BCUT2D eigenvalue weighted by Crippen LogP contribution is 2.39. The van der Waals surface area contributed by atoms with Gasteiger partial charge in [0, 0.05) is 5.16 Å². The van der Waals surface area contributed by atoms with E-state index in [0.29, 0.717) is 0 Å². The molecule has 1 heteroatoms. The van der Waals surface area contributed by atoms with Gasteiger partial charge in [-0.05, 0) is 30.5 Å². The van der Waals surface area contributed by atoms with E-state index in [9.17, 15) is 0 Å². The molecule has 0 nitrogen and oxygen atoms in total. The van der Waals surface area contributed by atoms with E-state index < -0.39 is 0 Å². The third-order valence-corrected chi connectivity index (χ3v) is 3.72. The van der Waals surface area contributed by atoms with Crippen molar-refractivity contribution < 1.29 is 0 Å². The Morgan fingerprint density at radius 3 is 2.06 bits per heavy atom. The lowest BCUT2D eigenvalue weighted by Crippen LogP contribution is -2.16. The quantitative estimate of drug-likeness (QED) is 0.678. The Bertz CT molecular complexity index is 472. The van der Waals surface area contributed by atoms with Crippen LogP contribution in [0.2, 0.25) is 0 Å². The van der Waals surface area contributed by atoms with Gasteiger partial charge in [0.05, 0.1) is 0 Å². The van der Waals surface area contributed by atoms with Gasteiger partial charge in [0.25, 0.3) is 0 Å². The maximum absolute atomic E-state index is 2.98. The fraction of sp³-hybridized carbons (Fsp3) is 0.200. The molecule has 0 saturated heterocycles. The fourth-order valence-electron chi connectivity index (χ4n) is 2.10. The first kappa shape index (κ1) is 11.4. The van der Waals surface area contributed by atoms with Gasteiger partial charge in [-0.25, -0.2) is 0 Å². The molecule has 2 unspecified atom stereocenters. The van der Waals surface area contributed by atoms with Crippen LogP contribution in [0.25, 0.3) is 0 Å². The molecular weight excluding hydrogens is 211 g/mol. The van der Waals surface area contributed by atoms with Crippen molar-refractivity contribution >= 4 is 9.24 Å². The smallest absolute Gasteiger partial charge is 0.0319 e. The third kappa shape index (κ3) is 2.03. The Morgan fingerprint density at radius 1 is 0.875 bits per heavy atom. The fourth-order valence-corrected chi connectivity index (χ4v) is 2.61. The van der Waals surface area contributed by atoms with Gasteiger partial charge in [0.1, 0.15) is 0 Å². The molecule has 2 aromatic carbocycles. The van der Waals surface area contributed by atoms with E-state index in [-0.39, 0.29) is 5.16 Å². The van der Waals surface area contributed by atoms with Crippen LogP contribution < -0.4 is 0 Å². The van der Waals surface area contributed by atoms with Gasteiger partial charge < -0.3 is 0 Å². The largest absolute Gasteiger partial charge is 0.122 e. The van der Waals surface area contributed by atoms with Crippen molar-refractivity contribution in [2.45, 2.75) is 19.0 Å². The molecule has 0 saturated carbocycles. The third-order valence-electron chi connectivity index (χ3n) is 3.08. The molecular formula is C15H17P. The second-order valence-electron chi connectivity index (χ2n) is 4.38. The standard InChI is InChI=1S/C15H17P/c1-12-8-6-7-11-14(12)15(2,16)13-9-4-3-5-10-13/h3-11H,16H2,1-2H3. The minimum atomic E-state index is -0.00734. The van der Waals surface area contributed by atoms with E-state index in [0.717, 1.165) is 0 Å². The summed E-state index contributed by atoms with van der Waals surface area (Å²) in [6.07, 6.45) is 0. The van der Waals surface area contributed by atoms with E-state index in [1.165, 1.54) is 16.7 Å². The topological polar surface area (TPSA) is 0 Å². The van der Waals surface area contributed by atoms with Gasteiger partial charge in [-0.2, -0.15) is 0 Å². The first-order valence-electron chi connectivity index (χ1n) is 5.53. The zero-order valence-corrected chi connectivity index (χ0v) is 10.9. The molecule has 0 radical (unpaired) electrons. The normalized spacial score (nSPS) is 14.4.